The summed E-state index contributed by atoms with van der Waals surface area (Å²) in [7, 11) is 0. The monoisotopic (exact) mass is 405 g/mol. The molecule has 0 bridgehead atoms. The fourth-order valence-electron chi connectivity index (χ4n) is 4.34. The molecule has 3 aromatic rings. The molecular weight excluding hydrogens is 386 g/mol. The molecule has 1 aromatic heterocycles. The second-order valence-corrected chi connectivity index (χ2v) is 8.38. The van der Waals surface area contributed by atoms with Crippen LogP contribution in [0.25, 0.3) is 11.1 Å². The molecule has 0 saturated carbocycles. The van der Waals surface area contributed by atoms with Gasteiger partial charge in [-0.05, 0) is 40.1 Å². The number of thiophene rings is 1. The van der Waals surface area contributed by atoms with E-state index in [9.17, 15) is 14.7 Å². The quantitative estimate of drug-likeness (QED) is 0.682. The van der Waals surface area contributed by atoms with E-state index in [1.807, 2.05) is 35.7 Å². The van der Waals surface area contributed by atoms with Crippen molar-refractivity contribution < 1.29 is 19.4 Å². The summed E-state index contributed by atoms with van der Waals surface area (Å²) >= 11 is 1.48. The van der Waals surface area contributed by atoms with Crippen LogP contribution in [0.15, 0.2) is 60.0 Å². The van der Waals surface area contributed by atoms with Crippen molar-refractivity contribution in [2.75, 3.05) is 18.1 Å². The van der Waals surface area contributed by atoms with E-state index in [0.717, 1.165) is 21.7 Å². The third-order valence-electron chi connectivity index (χ3n) is 5.75. The topological polar surface area (TPSA) is 66.8 Å². The molecule has 5 nitrogen and oxygen atoms in total. The number of carboxylic acid groups (broad SMARTS) is 1. The van der Waals surface area contributed by atoms with Gasteiger partial charge in [0.1, 0.15) is 6.61 Å². The number of hydrogen-bond acceptors (Lipinski definition) is 4. The number of nitrogens with zero attached hydrogens (tertiary/aromatic N) is 1. The summed E-state index contributed by atoms with van der Waals surface area (Å²) in [6.07, 6.45) is -0.0346. The van der Waals surface area contributed by atoms with Crippen LogP contribution in [0.3, 0.4) is 0 Å². The van der Waals surface area contributed by atoms with Crippen LogP contribution in [0.1, 0.15) is 21.9 Å². The number of amides is 1. The molecule has 1 atom stereocenters. The van der Waals surface area contributed by atoms with Crippen molar-refractivity contribution in [1.29, 1.82) is 0 Å². The van der Waals surface area contributed by atoms with Gasteiger partial charge in [0.25, 0.3) is 0 Å². The van der Waals surface area contributed by atoms with Crippen molar-refractivity contribution in [3.8, 4) is 11.1 Å². The molecule has 29 heavy (non-hydrogen) atoms. The highest BCUT2D eigenvalue weighted by atomic mass is 32.1. The number of carbonyl (C=O) groups is 2. The standard InChI is InChI=1S/C23H19NO4S/c25-22(26)14-11-21-20(9-10-29-21)24(12-14)23(27)28-13-19-17-7-3-1-5-15(17)16-6-2-4-8-18(16)19/h1-10,14,19H,11-13H2,(H,25,26). The van der Waals surface area contributed by atoms with Crippen molar-refractivity contribution in [2.24, 2.45) is 5.92 Å². The van der Waals surface area contributed by atoms with E-state index in [4.69, 9.17) is 4.74 Å². The molecule has 0 fully saturated rings. The van der Waals surface area contributed by atoms with Gasteiger partial charge in [-0.15, -0.1) is 11.3 Å². The van der Waals surface area contributed by atoms with Crippen molar-refractivity contribution in [3.05, 3.63) is 76.0 Å². The number of fused-ring (bicyclic) bond motifs is 4. The van der Waals surface area contributed by atoms with Crippen LogP contribution in [-0.2, 0) is 16.0 Å². The fourth-order valence-corrected chi connectivity index (χ4v) is 5.30. The van der Waals surface area contributed by atoms with Crippen molar-refractivity contribution in [1.82, 2.24) is 0 Å². The van der Waals surface area contributed by atoms with Crippen LogP contribution in [0.5, 0.6) is 0 Å². The Labute approximate surface area is 172 Å². The summed E-state index contributed by atoms with van der Waals surface area (Å²) in [6, 6.07) is 18.2. The highest BCUT2D eigenvalue weighted by molar-refractivity contribution is 7.10. The third kappa shape index (κ3) is 3.00. The predicted octanol–water partition coefficient (Wildman–Crippen LogP) is 4.76. The van der Waals surface area contributed by atoms with Gasteiger partial charge in [-0.2, -0.15) is 0 Å². The van der Waals surface area contributed by atoms with E-state index in [1.165, 1.54) is 27.4 Å². The van der Waals surface area contributed by atoms with Crippen LogP contribution in [-0.4, -0.2) is 30.3 Å². The van der Waals surface area contributed by atoms with Gasteiger partial charge < -0.3 is 9.84 Å². The Kier molecular flexibility index (Phi) is 4.36. The van der Waals surface area contributed by atoms with Crippen LogP contribution >= 0.6 is 11.3 Å². The largest absolute Gasteiger partial charge is 0.481 e. The van der Waals surface area contributed by atoms with Crippen molar-refractivity contribution in [2.45, 2.75) is 12.3 Å². The minimum Gasteiger partial charge on any atom is -0.481 e. The van der Waals surface area contributed by atoms with E-state index in [1.54, 1.807) is 0 Å². The number of anilines is 1. The number of ether oxygens (including phenoxy) is 1. The SMILES string of the molecule is O=C(O)C1Cc2sccc2N(C(=O)OCC2c3ccccc3-c3ccccc32)C1. The van der Waals surface area contributed by atoms with Gasteiger partial charge in [0.2, 0.25) is 0 Å². The summed E-state index contributed by atoms with van der Waals surface area (Å²) in [5.74, 6) is -1.52. The molecule has 146 valence electrons. The second-order valence-electron chi connectivity index (χ2n) is 7.38. The first kappa shape index (κ1) is 17.9. The van der Waals surface area contributed by atoms with E-state index in [0.29, 0.717) is 6.42 Å². The molecule has 2 heterocycles. The highest BCUT2D eigenvalue weighted by Crippen LogP contribution is 2.44. The lowest BCUT2D eigenvalue weighted by Gasteiger charge is -2.30. The fraction of sp³-hybridized carbons (Fsp3) is 0.217. The Morgan fingerprint density at radius 2 is 1.69 bits per heavy atom. The van der Waals surface area contributed by atoms with Gasteiger partial charge in [-0.1, -0.05) is 48.5 Å². The average molecular weight is 405 g/mol. The van der Waals surface area contributed by atoms with Gasteiger partial charge in [-0.3, -0.25) is 9.69 Å². The number of carboxylic acids is 1. The first-order chi connectivity index (χ1) is 14.1. The maximum atomic E-state index is 12.9. The Morgan fingerprint density at radius 3 is 2.34 bits per heavy atom. The normalized spacial score (nSPS) is 17.4. The summed E-state index contributed by atoms with van der Waals surface area (Å²) in [5.41, 5.74) is 5.42. The average Bonchev–Trinajstić information content (AvgIpc) is 3.34. The lowest BCUT2D eigenvalue weighted by Crippen LogP contribution is -2.42. The third-order valence-corrected chi connectivity index (χ3v) is 6.69. The Balaban J connectivity index is 1.38. The highest BCUT2D eigenvalue weighted by Gasteiger charge is 2.35. The van der Waals surface area contributed by atoms with E-state index in [2.05, 4.69) is 24.3 Å². The second kappa shape index (κ2) is 7.04. The van der Waals surface area contributed by atoms with Gasteiger partial charge in [-0.25, -0.2) is 4.79 Å². The summed E-state index contributed by atoms with van der Waals surface area (Å²) in [4.78, 5) is 26.8. The summed E-state index contributed by atoms with van der Waals surface area (Å²) in [5, 5.41) is 11.3. The first-order valence-electron chi connectivity index (χ1n) is 9.55. The number of carbonyl (C=O) groups excluding carboxylic acids is 1. The summed E-state index contributed by atoms with van der Waals surface area (Å²) in [6.45, 7) is 0.357. The van der Waals surface area contributed by atoms with Crippen LogP contribution in [0, 0.1) is 5.92 Å². The minimum absolute atomic E-state index is 0.0200. The van der Waals surface area contributed by atoms with Gasteiger partial charge in [0, 0.05) is 17.3 Å². The predicted molar refractivity (Wildman–Crippen MR) is 112 cm³/mol. The van der Waals surface area contributed by atoms with E-state index in [-0.39, 0.29) is 19.1 Å². The molecule has 1 N–H and O–H groups in total. The zero-order chi connectivity index (χ0) is 20.0. The molecule has 0 saturated heterocycles. The number of benzene rings is 2. The maximum absolute atomic E-state index is 12.9. The molecule has 2 aromatic carbocycles. The molecule has 1 unspecified atom stereocenters. The molecule has 1 amide bonds. The molecular formula is C23H19NO4S. The lowest BCUT2D eigenvalue weighted by molar-refractivity contribution is -0.141. The van der Waals surface area contributed by atoms with Gasteiger partial charge in [0.15, 0.2) is 0 Å². The number of rotatable bonds is 3. The molecule has 0 radical (unpaired) electrons. The van der Waals surface area contributed by atoms with Gasteiger partial charge in [0.05, 0.1) is 11.6 Å². The Morgan fingerprint density at radius 1 is 1.03 bits per heavy atom. The Bertz CT molecular complexity index is 1060. The minimum atomic E-state index is -0.888. The van der Waals surface area contributed by atoms with E-state index >= 15 is 0 Å². The van der Waals surface area contributed by atoms with Crippen molar-refractivity contribution >= 4 is 29.1 Å². The van der Waals surface area contributed by atoms with Gasteiger partial charge >= 0.3 is 12.1 Å². The van der Waals surface area contributed by atoms with E-state index < -0.39 is 18.0 Å². The summed E-state index contributed by atoms with van der Waals surface area (Å²) < 4.78 is 5.73. The zero-order valence-corrected chi connectivity index (χ0v) is 16.4. The van der Waals surface area contributed by atoms with Crippen molar-refractivity contribution in [3.63, 3.8) is 0 Å². The van der Waals surface area contributed by atoms with Crippen LogP contribution < -0.4 is 4.90 Å². The Hall–Kier alpha value is -3.12. The molecule has 0 spiro atoms. The molecule has 2 aliphatic rings. The number of aliphatic carboxylic acids is 1. The molecule has 1 aliphatic heterocycles. The molecule has 5 rings (SSSR count). The smallest absolute Gasteiger partial charge is 0.414 e. The van der Waals surface area contributed by atoms with Crippen LogP contribution in [0.2, 0.25) is 0 Å². The molecule has 1 aliphatic carbocycles. The number of hydrogen-bond donors (Lipinski definition) is 1. The first-order valence-corrected chi connectivity index (χ1v) is 10.4. The zero-order valence-electron chi connectivity index (χ0n) is 15.6. The lowest BCUT2D eigenvalue weighted by atomic mass is 9.98. The maximum Gasteiger partial charge on any atom is 0.414 e. The molecule has 6 heteroatoms. The van der Waals surface area contributed by atoms with Crippen LogP contribution in [0.4, 0.5) is 10.5 Å².